The Morgan fingerprint density at radius 2 is 1.88 bits per heavy atom. The highest BCUT2D eigenvalue weighted by Gasteiger charge is 2.44. The number of piperidine rings is 1. The molecule has 0 aliphatic carbocycles. The molecule has 4 aromatic rings. The summed E-state index contributed by atoms with van der Waals surface area (Å²) in [5, 5.41) is 32.2. The van der Waals surface area contributed by atoms with E-state index in [1.807, 2.05) is 43.6 Å². The van der Waals surface area contributed by atoms with E-state index in [-0.39, 0.29) is 18.1 Å². The van der Waals surface area contributed by atoms with Gasteiger partial charge in [-0.2, -0.15) is 5.10 Å². The highest BCUT2D eigenvalue weighted by Crippen LogP contribution is 2.38. The maximum atomic E-state index is 11.7. The Hall–Kier alpha value is -3.84. The summed E-state index contributed by atoms with van der Waals surface area (Å²) in [6, 6.07) is 11.3. The lowest BCUT2D eigenvalue weighted by molar-refractivity contribution is 0.0803. The molecule has 5 heterocycles. The molecule has 41 heavy (non-hydrogen) atoms. The van der Waals surface area contributed by atoms with Gasteiger partial charge in [0.05, 0.1) is 11.4 Å². The number of aromatic nitrogens is 7. The largest absolute Gasteiger partial charge is 0.465 e. The molecule has 0 radical (unpaired) electrons. The Bertz CT molecular complexity index is 1500. The first-order chi connectivity index (χ1) is 19.7. The summed E-state index contributed by atoms with van der Waals surface area (Å²) in [7, 11) is 0.811. The molecule has 13 heteroatoms. The van der Waals surface area contributed by atoms with Crippen molar-refractivity contribution < 1.29 is 14.6 Å². The Kier molecular flexibility index (Phi) is 7.24. The SMILES string of the molecule is CN(c1ccc(-c2ccc(-n3cccn3)c3nnn(COCC[Si](C)(C)C)c23)nn1)[C@@H]1C[C@H]2CC[C@@H](C1)N2C(=O)O. The number of rotatable bonds is 9. The van der Waals surface area contributed by atoms with E-state index in [4.69, 9.17) is 4.74 Å². The molecule has 12 nitrogen and oxygen atoms in total. The van der Waals surface area contributed by atoms with Crippen LogP contribution in [0.25, 0.3) is 28.0 Å². The number of anilines is 1. The number of benzene rings is 1. The third-order valence-electron chi connectivity index (χ3n) is 8.37. The quantitative estimate of drug-likeness (QED) is 0.227. The van der Waals surface area contributed by atoms with E-state index in [1.54, 1.807) is 20.5 Å². The fourth-order valence-electron chi connectivity index (χ4n) is 6.12. The average molecular weight is 576 g/mol. The van der Waals surface area contributed by atoms with E-state index in [1.165, 1.54) is 0 Å². The van der Waals surface area contributed by atoms with E-state index in [0.29, 0.717) is 24.5 Å². The molecule has 3 atom stereocenters. The van der Waals surface area contributed by atoms with Crippen LogP contribution in [0.2, 0.25) is 25.7 Å². The first-order valence-electron chi connectivity index (χ1n) is 14.2. The van der Waals surface area contributed by atoms with Gasteiger partial charge in [-0.1, -0.05) is 24.9 Å². The van der Waals surface area contributed by atoms with Crippen molar-refractivity contribution in [2.24, 2.45) is 0 Å². The summed E-state index contributed by atoms with van der Waals surface area (Å²) >= 11 is 0. The highest BCUT2D eigenvalue weighted by molar-refractivity contribution is 6.76. The van der Waals surface area contributed by atoms with Crippen molar-refractivity contribution >= 4 is 31.0 Å². The van der Waals surface area contributed by atoms with Crippen LogP contribution in [0.4, 0.5) is 10.6 Å². The number of hydrogen-bond donors (Lipinski definition) is 1. The van der Waals surface area contributed by atoms with Crippen LogP contribution in [0.5, 0.6) is 0 Å². The predicted octanol–water partition coefficient (Wildman–Crippen LogP) is 4.50. The van der Waals surface area contributed by atoms with E-state index in [0.717, 1.165) is 54.3 Å². The van der Waals surface area contributed by atoms with Gasteiger partial charge in [0.1, 0.15) is 17.8 Å². The molecule has 2 saturated heterocycles. The average Bonchev–Trinajstić information content (AvgIpc) is 3.69. The number of nitrogens with zero attached hydrogens (tertiary/aromatic N) is 9. The van der Waals surface area contributed by atoms with Crippen molar-refractivity contribution in [2.75, 3.05) is 18.6 Å². The lowest BCUT2D eigenvalue weighted by atomic mass is 9.96. The number of carboxylic acid groups (broad SMARTS) is 1. The van der Waals surface area contributed by atoms with Crippen molar-refractivity contribution in [1.29, 1.82) is 0 Å². The minimum absolute atomic E-state index is 0.0771. The molecule has 3 aromatic heterocycles. The van der Waals surface area contributed by atoms with Crippen molar-refractivity contribution in [1.82, 2.24) is 39.9 Å². The Morgan fingerprint density at radius 1 is 1.10 bits per heavy atom. The van der Waals surface area contributed by atoms with Gasteiger partial charge in [0, 0.05) is 57.8 Å². The molecule has 1 N–H and O–H groups in total. The minimum Gasteiger partial charge on any atom is -0.465 e. The van der Waals surface area contributed by atoms with Gasteiger partial charge in [-0.3, -0.25) is 0 Å². The van der Waals surface area contributed by atoms with E-state index in [2.05, 4.69) is 50.1 Å². The molecular weight excluding hydrogens is 538 g/mol. The number of fused-ring (bicyclic) bond motifs is 3. The van der Waals surface area contributed by atoms with Crippen LogP contribution >= 0.6 is 0 Å². The van der Waals surface area contributed by atoms with Gasteiger partial charge in [-0.25, -0.2) is 14.2 Å². The van der Waals surface area contributed by atoms with Crippen LogP contribution in [0.15, 0.2) is 42.7 Å². The summed E-state index contributed by atoms with van der Waals surface area (Å²) in [5.41, 5.74) is 3.94. The first kappa shape index (κ1) is 27.3. The van der Waals surface area contributed by atoms with Crippen molar-refractivity contribution in [3.05, 3.63) is 42.7 Å². The van der Waals surface area contributed by atoms with Gasteiger partial charge in [0.15, 0.2) is 5.82 Å². The van der Waals surface area contributed by atoms with Crippen LogP contribution in [0.1, 0.15) is 25.7 Å². The third kappa shape index (κ3) is 5.43. The summed E-state index contributed by atoms with van der Waals surface area (Å²) in [6.45, 7) is 7.97. The number of carbonyl (C=O) groups is 1. The van der Waals surface area contributed by atoms with Gasteiger partial charge in [0.2, 0.25) is 0 Å². The standard InChI is InChI=1S/C28H37N9O3Si/c1-34(21-16-19-6-7-20(17-21)37(19)28(38)39)25-11-9-23(30-31-25)22-8-10-24(35-13-5-12-29-35)26-27(22)36(33-32-26)18-40-14-15-41(2,3)4/h5,8-13,19-21H,6-7,14-18H2,1-4H3,(H,38,39)/t19-,20+,21-. The van der Waals surface area contributed by atoms with Gasteiger partial charge >= 0.3 is 6.09 Å². The van der Waals surface area contributed by atoms with E-state index in [9.17, 15) is 9.90 Å². The summed E-state index contributed by atoms with van der Waals surface area (Å²) in [6.07, 6.45) is 6.29. The zero-order chi connectivity index (χ0) is 28.7. The molecule has 1 aromatic carbocycles. The number of hydrogen-bond acceptors (Lipinski definition) is 8. The maximum absolute atomic E-state index is 11.7. The molecule has 2 aliphatic rings. The zero-order valence-corrected chi connectivity index (χ0v) is 25.0. The fourth-order valence-corrected chi connectivity index (χ4v) is 6.87. The second kappa shape index (κ2) is 10.9. The normalized spacial score (nSPS) is 20.6. The van der Waals surface area contributed by atoms with Gasteiger partial charge in [-0.15, -0.1) is 15.3 Å². The Balaban J connectivity index is 1.27. The lowest BCUT2D eigenvalue weighted by Gasteiger charge is -2.41. The molecule has 0 saturated carbocycles. The van der Waals surface area contributed by atoms with Crippen LogP contribution in [-0.2, 0) is 11.5 Å². The lowest BCUT2D eigenvalue weighted by Crippen LogP contribution is -2.51. The molecule has 2 fully saturated rings. The summed E-state index contributed by atoms with van der Waals surface area (Å²) in [4.78, 5) is 15.5. The zero-order valence-electron chi connectivity index (χ0n) is 24.0. The van der Waals surface area contributed by atoms with Crippen LogP contribution < -0.4 is 4.90 Å². The maximum Gasteiger partial charge on any atom is 0.407 e. The second-order valence-corrected chi connectivity index (χ2v) is 17.9. The summed E-state index contributed by atoms with van der Waals surface area (Å²) < 4.78 is 9.60. The van der Waals surface area contributed by atoms with E-state index < -0.39 is 14.2 Å². The predicted molar refractivity (Wildman–Crippen MR) is 158 cm³/mol. The molecule has 1 amide bonds. The fraction of sp³-hybridized carbons (Fsp3) is 0.500. The highest BCUT2D eigenvalue weighted by atomic mass is 28.3. The van der Waals surface area contributed by atoms with Crippen molar-refractivity contribution in [3.63, 3.8) is 0 Å². The minimum atomic E-state index is -1.21. The van der Waals surface area contributed by atoms with Crippen LogP contribution in [-0.4, -0.2) is 90.9 Å². The second-order valence-electron chi connectivity index (χ2n) is 12.3. The Morgan fingerprint density at radius 3 is 2.51 bits per heavy atom. The van der Waals surface area contributed by atoms with Gasteiger partial charge in [0.25, 0.3) is 0 Å². The molecule has 6 rings (SSSR count). The van der Waals surface area contributed by atoms with Crippen molar-refractivity contribution in [2.45, 2.75) is 76.2 Å². The molecule has 216 valence electrons. The van der Waals surface area contributed by atoms with Gasteiger partial charge in [-0.05, 0) is 62.1 Å². The smallest absolute Gasteiger partial charge is 0.407 e. The molecule has 0 spiro atoms. The monoisotopic (exact) mass is 575 g/mol. The van der Waals surface area contributed by atoms with E-state index >= 15 is 0 Å². The van der Waals surface area contributed by atoms with Crippen LogP contribution in [0.3, 0.4) is 0 Å². The van der Waals surface area contributed by atoms with Crippen molar-refractivity contribution in [3.8, 4) is 16.9 Å². The third-order valence-corrected chi connectivity index (χ3v) is 10.1. The topological polar surface area (TPSA) is 127 Å². The van der Waals surface area contributed by atoms with Crippen LogP contribution in [0, 0.1) is 0 Å². The van der Waals surface area contributed by atoms with Gasteiger partial charge < -0.3 is 19.6 Å². The molecular formula is C28H37N9O3Si. The first-order valence-corrected chi connectivity index (χ1v) is 17.9. The molecule has 2 bridgehead atoms. The number of amides is 1. The summed E-state index contributed by atoms with van der Waals surface area (Å²) in [5.74, 6) is 0.771. The number of ether oxygens (including phenoxy) is 1. The molecule has 2 aliphatic heterocycles. The molecule has 0 unspecified atom stereocenters. The Labute approximate surface area is 239 Å².